The highest BCUT2D eigenvalue weighted by Gasteiger charge is 2.36. The molecule has 41 heavy (non-hydrogen) atoms. The highest BCUT2D eigenvalue weighted by molar-refractivity contribution is 8.15. The first-order valence-electron chi connectivity index (χ1n) is 13.9. The number of hydrogen-bond acceptors (Lipinski definition) is 7. The summed E-state index contributed by atoms with van der Waals surface area (Å²) in [6, 6.07) is 22.3. The second kappa shape index (κ2) is 15.1. The maximum atomic E-state index is 13.4. The number of para-hydroxylation sites is 1. The number of hydrogen-bond donors (Lipinski definition) is 1. The van der Waals surface area contributed by atoms with Gasteiger partial charge >= 0.3 is 0 Å². The van der Waals surface area contributed by atoms with E-state index in [2.05, 4.69) is 12.2 Å². The van der Waals surface area contributed by atoms with E-state index in [1.807, 2.05) is 72.8 Å². The zero-order chi connectivity index (χ0) is 29.0. The number of amidine groups is 1. The van der Waals surface area contributed by atoms with E-state index < -0.39 is 5.25 Å². The van der Waals surface area contributed by atoms with Gasteiger partial charge in [0.05, 0.1) is 33.1 Å². The Bertz CT molecular complexity index is 1330. The van der Waals surface area contributed by atoms with E-state index in [1.54, 1.807) is 19.1 Å². The van der Waals surface area contributed by atoms with Gasteiger partial charge in [0.25, 0.3) is 0 Å². The molecule has 0 spiro atoms. The van der Waals surface area contributed by atoms with Gasteiger partial charge in [0.1, 0.15) is 11.0 Å². The van der Waals surface area contributed by atoms with Gasteiger partial charge < -0.3 is 19.5 Å². The number of carbonyl (C=O) groups is 2. The molecule has 3 aromatic rings. The standard InChI is InChI=1S/C32H37N3O5S/c1-4-5-6-10-19-40-26-16-14-25(15-17-26)33-31(37)29-21-30(36)35(32(41-29)34-24-11-8-7-9-12-24)22-23-13-18-27(38-2)28(20-23)39-3/h7-9,11-18,20,29H,4-6,10,19,21-22H2,1-3H3,(H,33,37). The van der Waals surface area contributed by atoms with Crippen LogP contribution in [0.2, 0.25) is 0 Å². The van der Waals surface area contributed by atoms with Crippen LogP contribution in [0.3, 0.4) is 0 Å². The number of aliphatic imine (C=N–C) groups is 1. The van der Waals surface area contributed by atoms with E-state index in [1.165, 1.54) is 24.6 Å². The molecular formula is C32H37N3O5S. The molecule has 1 aliphatic rings. The van der Waals surface area contributed by atoms with Crippen molar-refractivity contribution in [1.82, 2.24) is 4.90 Å². The zero-order valence-corrected chi connectivity index (χ0v) is 24.6. The second-order valence-corrected chi connectivity index (χ2v) is 10.8. The zero-order valence-electron chi connectivity index (χ0n) is 23.8. The maximum Gasteiger partial charge on any atom is 0.238 e. The molecule has 1 N–H and O–H groups in total. The lowest BCUT2D eigenvalue weighted by atomic mass is 10.1. The Kier molecular flexibility index (Phi) is 11.1. The molecule has 1 aliphatic heterocycles. The summed E-state index contributed by atoms with van der Waals surface area (Å²) < 4.78 is 16.6. The molecule has 4 rings (SSSR count). The summed E-state index contributed by atoms with van der Waals surface area (Å²) in [5, 5.41) is 2.79. The van der Waals surface area contributed by atoms with E-state index in [0.29, 0.717) is 34.6 Å². The molecule has 8 nitrogen and oxygen atoms in total. The summed E-state index contributed by atoms with van der Waals surface area (Å²) in [6.07, 6.45) is 4.63. The van der Waals surface area contributed by atoms with E-state index in [4.69, 9.17) is 19.2 Å². The molecule has 9 heteroatoms. The summed E-state index contributed by atoms with van der Waals surface area (Å²) >= 11 is 1.29. The lowest BCUT2D eigenvalue weighted by molar-refractivity contribution is -0.129. The first-order valence-corrected chi connectivity index (χ1v) is 14.7. The molecule has 0 radical (unpaired) electrons. The number of anilines is 1. The van der Waals surface area contributed by atoms with Crippen molar-refractivity contribution in [3.8, 4) is 17.2 Å². The van der Waals surface area contributed by atoms with E-state index in [-0.39, 0.29) is 24.8 Å². The number of thioether (sulfide) groups is 1. The van der Waals surface area contributed by atoms with Gasteiger partial charge in [-0.15, -0.1) is 0 Å². The average molecular weight is 576 g/mol. The van der Waals surface area contributed by atoms with E-state index in [0.717, 1.165) is 24.2 Å². The third-order valence-corrected chi connectivity index (χ3v) is 7.78. The van der Waals surface area contributed by atoms with Crippen LogP contribution in [0.25, 0.3) is 0 Å². The van der Waals surface area contributed by atoms with E-state index in [9.17, 15) is 9.59 Å². The van der Waals surface area contributed by atoms with Gasteiger partial charge in [-0.1, -0.05) is 62.2 Å². The monoisotopic (exact) mass is 575 g/mol. The van der Waals surface area contributed by atoms with Crippen LogP contribution in [-0.4, -0.2) is 48.0 Å². The van der Waals surface area contributed by atoms with Crippen LogP contribution in [0.5, 0.6) is 17.2 Å². The maximum absolute atomic E-state index is 13.4. The van der Waals surface area contributed by atoms with Gasteiger partial charge in [-0.05, 0) is 60.5 Å². The van der Waals surface area contributed by atoms with Crippen molar-refractivity contribution in [1.29, 1.82) is 0 Å². The summed E-state index contributed by atoms with van der Waals surface area (Å²) in [6.45, 7) is 3.14. The molecule has 1 unspecified atom stereocenters. The molecule has 0 aliphatic carbocycles. The van der Waals surface area contributed by atoms with Crippen LogP contribution in [0, 0.1) is 0 Å². The number of ether oxygens (including phenoxy) is 3. The van der Waals surface area contributed by atoms with Crippen molar-refractivity contribution in [2.45, 2.75) is 50.8 Å². The topological polar surface area (TPSA) is 89.5 Å². The van der Waals surface area contributed by atoms with Crippen LogP contribution in [-0.2, 0) is 16.1 Å². The number of methoxy groups -OCH3 is 2. The van der Waals surface area contributed by atoms with Gasteiger partial charge in [-0.2, -0.15) is 0 Å². The molecule has 0 aromatic heterocycles. The minimum absolute atomic E-state index is 0.0521. The fraction of sp³-hybridized carbons (Fsp3) is 0.344. The number of benzene rings is 3. The Morgan fingerprint density at radius 2 is 1.73 bits per heavy atom. The second-order valence-electron chi connectivity index (χ2n) is 9.63. The van der Waals surface area contributed by atoms with Gasteiger partial charge in [-0.25, -0.2) is 4.99 Å². The summed E-state index contributed by atoms with van der Waals surface area (Å²) in [5.74, 6) is 1.53. The Labute approximate surface area is 246 Å². The predicted octanol–water partition coefficient (Wildman–Crippen LogP) is 6.82. The largest absolute Gasteiger partial charge is 0.494 e. The molecule has 3 aromatic carbocycles. The SMILES string of the molecule is CCCCCCOc1ccc(NC(=O)C2CC(=O)N(Cc3ccc(OC)c(OC)c3)C(=Nc3ccccc3)S2)cc1. The summed E-state index contributed by atoms with van der Waals surface area (Å²) in [4.78, 5) is 33.1. The van der Waals surface area contributed by atoms with Crippen molar-refractivity contribution in [3.05, 3.63) is 78.4 Å². The minimum Gasteiger partial charge on any atom is -0.494 e. The van der Waals surface area contributed by atoms with Gasteiger partial charge in [0.15, 0.2) is 16.7 Å². The van der Waals surface area contributed by atoms with Crippen molar-refractivity contribution in [2.75, 3.05) is 26.1 Å². The molecule has 1 heterocycles. The lowest BCUT2D eigenvalue weighted by Gasteiger charge is -2.32. The van der Waals surface area contributed by atoms with Crippen LogP contribution < -0.4 is 19.5 Å². The van der Waals surface area contributed by atoms with Crippen LogP contribution in [0.15, 0.2) is 77.8 Å². The Morgan fingerprint density at radius 1 is 0.976 bits per heavy atom. The van der Waals surface area contributed by atoms with Crippen LogP contribution in [0.4, 0.5) is 11.4 Å². The first-order chi connectivity index (χ1) is 20.0. The Morgan fingerprint density at radius 3 is 2.44 bits per heavy atom. The Balaban J connectivity index is 1.46. The van der Waals surface area contributed by atoms with E-state index >= 15 is 0 Å². The molecule has 1 saturated heterocycles. The highest BCUT2D eigenvalue weighted by Crippen LogP contribution is 2.33. The lowest BCUT2D eigenvalue weighted by Crippen LogP contribution is -2.44. The van der Waals surface area contributed by atoms with Gasteiger partial charge in [0, 0.05) is 12.1 Å². The number of nitrogens with one attached hydrogen (secondary N) is 1. The van der Waals surface area contributed by atoms with Gasteiger partial charge in [0.2, 0.25) is 11.8 Å². The first kappa shape index (κ1) is 30.0. The van der Waals surface area contributed by atoms with Crippen LogP contribution >= 0.6 is 11.8 Å². The fourth-order valence-electron chi connectivity index (χ4n) is 4.35. The Hall–Kier alpha value is -3.98. The highest BCUT2D eigenvalue weighted by atomic mass is 32.2. The van der Waals surface area contributed by atoms with Crippen molar-refractivity contribution < 1.29 is 23.8 Å². The molecule has 0 bridgehead atoms. The van der Waals surface area contributed by atoms with Crippen LogP contribution in [0.1, 0.15) is 44.6 Å². The normalized spacial score (nSPS) is 16.0. The molecule has 1 fully saturated rings. The molecule has 0 saturated carbocycles. The molecule has 1 atom stereocenters. The molecule has 216 valence electrons. The quantitative estimate of drug-likeness (QED) is 0.225. The predicted molar refractivity (Wildman–Crippen MR) is 164 cm³/mol. The van der Waals surface area contributed by atoms with Crippen molar-refractivity contribution in [2.24, 2.45) is 4.99 Å². The minimum atomic E-state index is -0.624. The van der Waals surface area contributed by atoms with Crippen molar-refractivity contribution in [3.63, 3.8) is 0 Å². The number of nitrogens with zero attached hydrogens (tertiary/aromatic N) is 2. The number of unbranched alkanes of at least 4 members (excludes halogenated alkanes) is 3. The summed E-state index contributed by atoms with van der Waals surface area (Å²) in [7, 11) is 3.15. The fourth-order valence-corrected chi connectivity index (χ4v) is 5.45. The molecule has 2 amide bonds. The average Bonchev–Trinajstić information content (AvgIpc) is 2.99. The summed E-state index contributed by atoms with van der Waals surface area (Å²) in [5.41, 5.74) is 2.20. The number of amides is 2. The third kappa shape index (κ3) is 8.50. The third-order valence-electron chi connectivity index (χ3n) is 6.59. The smallest absolute Gasteiger partial charge is 0.238 e. The molecular weight excluding hydrogens is 538 g/mol. The van der Waals surface area contributed by atoms with Gasteiger partial charge in [-0.3, -0.25) is 14.5 Å². The number of rotatable bonds is 13. The van der Waals surface area contributed by atoms with Crippen molar-refractivity contribution >= 4 is 40.1 Å². The number of carbonyl (C=O) groups excluding carboxylic acids is 2.